The zero-order chi connectivity index (χ0) is 8.27. The molecular formula is C8H7BrCl2. The molecule has 0 spiro atoms. The summed E-state index contributed by atoms with van der Waals surface area (Å²) in [6.07, 6.45) is 0. The van der Waals surface area contributed by atoms with E-state index in [9.17, 15) is 0 Å². The number of halogens is 3. The van der Waals surface area contributed by atoms with Crippen LogP contribution < -0.4 is 0 Å². The number of hydrogen-bond donors (Lipinski definition) is 0. The molecule has 0 fully saturated rings. The first-order valence-electron chi connectivity index (χ1n) is 3.19. The summed E-state index contributed by atoms with van der Waals surface area (Å²) in [5.74, 6) is 0. The zero-order valence-corrected chi connectivity index (χ0v) is 8.83. The summed E-state index contributed by atoms with van der Waals surface area (Å²) in [5, 5.41) is 1.54. The average Bonchev–Trinajstić information content (AvgIpc) is 2.05. The molecule has 0 bridgehead atoms. The molecule has 0 aliphatic carbocycles. The lowest BCUT2D eigenvalue weighted by atomic mass is 10.2. The summed E-state index contributed by atoms with van der Waals surface area (Å²) < 4.78 is 0. The van der Waals surface area contributed by atoms with Crippen LogP contribution in [0.1, 0.15) is 10.9 Å². The third kappa shape index (κ3) is 2.66. The van der Waals surface area contributed by atoms with Gasteiger partial charge in [-0.3, -0.25) is 0 Å². The molecule has 1 unspecified atom stereocenters. The Kier molecular flexibility index (Phi) is 3.70. The van der Waals surface area contributed by atoms with Gasteiger partial charge in [0.25, 0.3) is 0 Å². The fourth-order valence-corrected chi connectivity index (χ4v) is 1.41. The van der Waals surface area contributed by atoms with Crippen LogP contribution in [0.2, 0.25) is 5.02 Å². The van der Waals surface area contributed by atoms with E-state index < -0.39 is 0 Å². The molecule has 0 amide bonds. The highest BCUT2D eigenvalue weighted by molar-refractivity contribution is 9.09. The van der Waals surface area contributed by atoms with Gasteiger partial charge in [-0.25, -0.2) is 0 Å². The van der Waals surface area contributed by atoms with Gasteiger partial charge in [0.2, 0.25) is 0 Å². The van der Waals surface area contributed by atoms with Crippen molar-refractivity contribution in [3.8, 4) is 0 Å². The van der Waals surface area contributed by atoms with E-state index in [1.807, 2.05) is 24.3 Å². The van der Waals surface area contributed by atoms with Crippen LogP contribution in [-0.4, -0.2) is 5.33 Å². The fraction of sp³-hybridized carbons (Fsp3) is 0.250. The Labute approximate surface area is 84.6 Å². The Balaban J connectivity index is 2.81. The van der Waals surface area contributed by atoms with Crippen molar-refractivity contribution < 1.29 is 0 Å². The third-order valence-corrected chi connectivity index (χ3v) is 3.05. The van der Waals surface area contributed by atoms with Crippen molar-refractivity contribution >= 4 is 39.1 Å². The minimum Gasteiger partial charge on any atom is -0.117 e. The molecule has 1 atom stereocenters. The molecule has 0 heterocycles. The van der Waals surface area contributed by atoms with Crippen LogP contribution in [-0.2, 0) is 0 Å². The largest absolute Gasteiger partial charge is 0.117 e. The van der Waals surface area contributed by atoms with Gasteiger partial charge in [-0.15, -0.1) is 11.6 Å². The maximum atomic E-state index is 5.95. The van der Waals surface area contributed by atoms with Crippen molar-refractivity contribution in [2.75, 3.05) is 5.33 Å². The highest BCUT2D eigenvalue weighted by atomic mass is 79.9. The van der Waals surface area contributed by atoms with Crippen molar-refractivity contribution in [2.24, 2.45) is 0 Å². The molecule has 3 heteroatoms. The van der Waals surface area contributed by atoms with E-state index in [2.05, 4.69) is 15.9 Å². The molecule has 1 aromatic rings. The van der Waals surface area contributed by atoms with Gasteiger partial charge in [0.05, 0.1) is 5.38 Å². The topological polar surface area (TPSA) is 0 Å². The molecule has 0 N–H and O–H groups in total. The van der Waals surface area contributed by atoms with E-state index in [0.717, 1.165) is 15.9 Å². The Morgan fingerprint density at radius 2 is 1.82 bits per heavy atom. The molecule has 0 saturated heterocycles. The van der Waals surface area contributed by atoms with Crippen molar-refractivity contribution in [1.29, 1.82) is 0 Å². The first kappa shape index (κ1) is 9.37. The fourth-order valence-electron chi connectivity index (χ4n) is 0.761. The second-order valence-electron chi connectivity index (χ2n) is 2.17. The quantitative estimate of drug-likeness (QED) is 0.699. The van der Waals surface area contributed by atoms with Gasteiger partial charge in [-0.2, -0.15) is 0 Å². The monoisotopic (exact) mass is 252 g/mol. The second-order valence-corrected chi connectivity index (χ2v) is 3.78. The van der Waals surface area contributed by atoms with Crippen LogP contribution in [0.5, 0.6) is 0 Å². The van der Waals surface area contributed by atoms with Crippen LogP contribution >= 0.6 is 39.1 Å². The van der Waals surface area contributed by atoms with E-state index in [4.69, 9.17) is 23.2 Å². The molecule has 1 rings (SSSR count). The Bertz CT molecular complexity index is 220. The molecular weight excluding hydrogens is 247 g/mol. The van der Waals surface area contributed by atoms with Gasteiger partial charge < -0.3 is 0 Å². The van der Waals surface area contributed by atoms with E-state index >= 15 is 0 Å². The molecule has 0 aliphatic rings. The van der Waals surface area contributed by atoms with Crippen LogP contribution in [0.4, 0.5) is 0 Å². The summed E-state index contributed by atoms with van der Waals surface area (Å²) in [6, 6.07) is 7.55. The van der Waals surface area contributed by atoms with Crippen LogP contribution in [0, 0.1) is 0 Å². The predicted octanol–water partition coefficient (Wildman–Crippen LogP) is 4.01. The summed E-state index contributed by atoms with van der Waals surface area (Å²) >= 11 is 15.0. The lowest BCUT2D eigenvalue weighted by Gasteiger charge is -2.04. The molecule has 1 aromatic carbocycles. The molecule has 0 radical (unpaired) electrons. The van der Waals surface area contributed by atoms with Crippen molar-refractivity contribution in [2.45, 2.75) is 5.38 Å². The Hall–Kier alpha value is 0.280. The Morgan fingerprint density at radius 3 is 2.27 bits per heavy atom. The summed E-state index contributed by atoms with van der Waals surface area (Å²) in [5.41, 5.74) is 1.09. The SMILES string of the molecule is Clc1ccc(C(Cl)CBr)cc1. The van der Waals surface area contributed by atoms with Gasteiger partial charge in [0.1, 0.15) is 0 Å². The minimum absolute atomic E-state index is 0.0345. The third-order valence-electron chi connectivity index (χ3n) is 1.37. The number of benzene rings is 1. The normalized spacial score (nSPS) is 13.0. The minimum atomic E-state index is 0.0345. The molecule has 0 nitrogen and oxygen atoms in total. The molecule has 0 saturated carbocycles. The highest BCUT2D eigenvalue weighted by Crippen LogP contribution is 2.23. The first-order chi connectivity index (χ1) is 5.24. The lowest BCUT2D eigenvalue weighted by molar-refractivity contribution is 1.11. The first-order valence-corrected chi connectivity index (χ1v) is 5.13. The van der Waals surface area contributed by atoms with Crippen molar-refractivity contribution in [3.63, 3.8) is 0 Å². The lowest BCUT2D eigenvalue weighted by Crippen LogP contribution is -1.89. The van der Waals surface area contributed by atoms with E-state index in [1.165, 1.54) is 0 Å². The van der Waals surface area contributed by atoms with Crippen LogP contribution in [0.3, 0.4) is 0 Å². The number of rotatable bonds is 2. The maximum Gasteiger partial charge on any atom is 0.0682 e. The maximum absolute atomic E-state index is 5.95. The number of alkyl halides is 2. The second kappa shape index (κ2) is 4.34. The van der Waals surface area contributed by atoms with Crippen molar-refractivity contribution in [3.05, 3.63) is 34.9 Å². The van der Waals surface area contributed by atoms with Gasteiger partial charge in [0.15, 0.2) is 0 Å². The van der Waals surface area contributed by atoms with E-state index in [-0.39, 0.29) is 5.38 Å². The smallest absolute Gasteiger partial charge is 0.0682 e. The standard InChI is InChI=1S/C8H7BrCl2/c9-5-8(11)6-1-3-7(10)4-2-6/h1-4,8H,5H2. The van der Waals surface area contributed by atoms with Gasteiger partial charge >= 0.3 is 0 Å². The summed E-state index contributed by atoms with van der Waals surface area (Å²) in [7, 11) is 0. The van der Waals surface area contributed by atoms with Crippen LogP contribution in [0.15, 0.2) is 24.3 Å². The van der Waals surface area contributed by atoms with Crippen molar-refractivity contribution in [1.82, 2.24) is 0 Å². The van der Waals surface area contributed by atoms with E-state index in [1.54, 1.807) is 0 Å². The average molecular weight is 254 g/mol. The molecule has 0 aromatic heterocycles. The highest BCUT2D eigenvalue weighted by Gasteiger charge is 2.04. The van der Waals surface area contributed by atoms with Gasteiger partial charge in [-0.1, -0.05) is 39.7 Å². The van der Waals surface area contributed by atoms with Crippen LogP contribution in [0.25, 0.3) is 0 Å². The predicted molar refractivity (Wildman–Crippen MR) is 53.8 cm³/mol. The molecule has 11 heavy (non-hydrogen) atoms. The summed E-state index contributed by atoms with van der Waals surface area (Å²) in [6.45, 7) is 0. The van der Waals surface area contributed by atoms with E-state index in [0.29, 0.717) is 0 Å². The van der Waals surface area contributed by atoms with Gasteiger partial charge in [0, 0.05) is 10.4 Å². The zero-order valence-electron chi connectivity index (χ0n) is 5.73. The molecule has 60 valence electrons. The summed E-state index contributed by atoms with van der Waals surface area (Å²) in [4.78, 5) is 0. The number of hydrogen-bond acceptors (Lipinski definition) is 0. The molecule has 0 aliphatic heterocycles. The Morgan fingerprint density at radius 1 is 1.27 bits per heavy atom. The van der Waals surface area contributed by atoms with Gasteiger partial charge in [-0.05, 0) is 17.7 Å².